The van der Waals surface area contributed by atoms with Crippen LogP contribution in [0.4, 0.5) is 4.79 Å². The number of fused-ring (bicyclic) bond motifs is 1. The molecule has 0 aromatic carbocycles. The van der Waals surface area contributed by atoms with Crippen LogP contribution >= 0.6 is 0 Å². The van der Waals surface area contributed by atoms with Crippen LogP contribution in [0.1, 0.15) is 32.1 Å². The summed E-state index contributed by atoms with van der Waals surface area (Å²) >= 11 is 0. The smallest absolute Gasteiger partial charge is 0.362 e. The zero-order valence-corrected chi connectivity index (χ0v) is 15.4. The molecule has 0 saturated carbocycles. The second-order valence-corrected chi connectivity index (χ2v) is 8.39. The van der Waals surface area contributed by atoms with Gasteiger partial charge < -0.3 is 20.2 Å². The average molecular weight is 390 g/mol. The van der Waals surface area contributed by atoms with Gasteiger partial charge in [-0.3, -0.25) is 9.35 Å². The number of hydrogen-bond acceptors (Lipinski definition) is 6. The van der Waals surface area contributed by atoms with E-state index < -0.39 is 28.3 Å². The number of aliphatic hydroxyl groups excluding tert-OH is 1. The SMILES string of the molecule is O=C(N[C@H]1CCCN(CCCO)CC1)N1CC[C@@H]2[C@H]1C(=O)N2S(=O)(=O)O. The van der Waals surface area contributed by atoms with E-state index in [0.29, 0.717) is 10.7 Å². The molecule has 3 N–H and O–H groups in total. The monoisotopic (exact) mass is 390 g/mol. The van der Waals surface area contributed by atoms with E-state index in [-0.39, 0.29) is 25.2 Å². The van der Waals surface area contributed by atoms with E-state index >= 15 is 0 Å². The van der Waals surface area contributed by atoms with Crippen molar-refractivity contribution in [2.45, 2.75) is 50.2 Å². The minimum atomic E-state index is -4.56. The molecule has 0 aromatic rings. The first-order valence-corrected chi connectivity index (χ1v) is 10.4. The summed E-state index contributed by atoms with van der Waals surface area (Å²) in [5, 5.41) is 11.9. The van der Waals surface area contributed by atoms with Gasteiger partial charge in [0.1, 0.15) is 6.04 Å². The second kappa shape index (κ2) is 7.67. The third kappa shape index (κ3) is 3.80. The summed E-state index contributed by atoms with van der Waals surface area (Å²) in [5.74, 6) is -0.749. The summed E-state index contributed by atoms with van der Waals surface area (Å²) in [4.78, 5) is 28.2. The zero-order valence-electron chi connectivity index (χ0n) is 14.6. The standard InChI is InChI=1S/C15H26N4O6S/c20-10-2-7-17-6-1-3-11(4-8-17)16-15(22)18-9-5-12-13(18)14(21)19(12)26(23,24)25/h11-13,20H,1-10H2,(H,16,22)(H,23,24,25)/t11-,12+,13-/m0/s1. The molecule has 3 saturated heterocycles. The fourth-order valence-electron chi connectivity index (χ4n) is 4.12. The Kier molecular flexibility index (Phi) is 5.70. The largest absolute Gasteiger partial charge is 0.396 e. The van der Waals surface area contributed by atoms with Crippen molar-refractivity contribution < 1.29 is 27.7 Å². The van der Waals surface area contributed by atoms with Gasteiger partial charge in [-0.2, -0.15) is 8.42 Å². The number of β-lactam (4-membered cyclic amide) rings is 1. The zero-order chi connectivity index (χ0) is 18.9. The number of rotatable bonds is 5. The van der Waals surface area contributed by atoms with E-state index in [1.165, 1.54) is 4.90 Å². The molecule has 148 valence electrons. The van der Waals surface area contributed by atoms with Gasteiger partial charge >= 0.3 is 16.3 Å². The molecule has 3 fully saturated rings. The second-order valence-electron chi connectivity index (χ2n) is 7.10. The number of aliphatic hydroxyl groups is 1. The van der Waals surface area contributed by atoms with Crippen molar-refractivity contribution in [3.63, 3.8) is 0 Å². The maximum absolute atomic E-state index is 12.6. The van der Waals surface area contributed by atoms with Crippen LogP contribution in [0, 0.1) is 0 Å². The molecule has 0 radical (unpaired) electrons. The number of nitrogens with zero attached hydrogens (tertiary/aromatic N) is 3. The molecule has 3 aliphatic heterocycles. The van der Waals surface area contributed by atoms with Gasteiger partial charge in [-0.1, -0.05) is 0 Å². The molecule has 0 bridgehead atoms. The lowest BCUT2D eigenvalue weighted by Crippen LogP contribution is -2.69. The molecule has 0 unspecified atom stereocenters. The predicted molar refractivity (Wildman–Crippen MR) is 91.6 cm³/mol. The minimum absolute atomic E-state index is 0.00790. The Morgan fingerprint density at radius 3 is 2.65 bits per heavy atom. The lowest BCUT2D eigenvalue weighted by molar-refractivity contribution is -0.143. The molecule has 26 heavy (non-hydrogen) atoms. The molecular formula is C15H26N4O6S. The van der Waals surface area contributed by atoms with Gasteiger partial charge in [-0.05, 0) is 38.6 Å². The van der Waals surface area contributed by atoms with Crippen LogP contribution in [0.25, 0.3) is 0 Å². The molecule has 11 heteroatoms. The van der Waals surface area contributed by atoms with Crippen molar-refractivity contribution in [1.29, 1.82) is 0 Å². The highest BCUT2D eigenvalue weighted by atomic mass is 32.2. The Bertz CT molecular complexity index is 657. The van der Waals surface area contributed by atoms with Crippen LogP contribution in [0.15, 0.2) is 0 Å². The van der Waals surface area contributed by atoms with Gasteiger partial charge in [-0.15, -0.1) is 0 Å². The highest BCUT2D eigenvalue weighted by Crippen LogP contribution is 2.35. The fourth-order valence-corrected chi connectivity index (χ4v) is 5.02. The van der Waals surface area contributed by atoms with Crippen molar-refractivity contribution >= 4 is 22.2 Å². The van der Waals surface area contributed by atoms with E-state index in [2.05, 4.69) is 10.2 Å². The predicted octanol–water partition coefficient (Wildman–Crippen LogP) is -0.979. The van der Waals surface area contributed by atoms with Gasteiger partial charge in [0.15, 0.2) is 0 Å². The summed E-state index contributed by atoms with van der Waals surface area (Å²) in [6, 6.07) is -1.81. The Morgan fingerprint density at radius 1 is 1.19 bits per heavy atom. The lowest BCUT2D eigenvalue weighted by Gasteiger charge is -2.42. The lowest BCUT2D eigenvalue weighted by atomic mass is 10.0. The topological polar surface area (TPSA) is 130 Å². The van der Waals surface area contributed by atoms with Crippen molar-refractivity contribution in [3.05, 3.63) is 0 Å². The molecule has 0 aliphatic carbocycles. The maximum atomic E-state index is 12.6. The molecule has 3 aliphatic rings. The van der Waals surface area contributed by atoms with Crippen molar-refractivity contribution in [3.8, 4) is 0 Å². The first kappa shape index (κ1) is 19.3. The van der Waals surface area contributed by atoms with Gasteiger partial charge in [0.25, 0.3) is 5.91 Å². The summed E-state index contributed by atoms with van der Waals surface area (Å²) in [6.07, 6.45) is 3.65. The molecule has 3 amide bonds. The normalized spacial score (nSPS) is 29.9. The summed E-state index contributed by atoms with van der Waals surface area (Å²) in [7, 11) is -4.56. The number of nitrogens with one attached hydrogen (secondary N) is 1. The molecule has 10 nitrogen and oxygen atoms in total. The van der Waals surface area contributed by atoms with Crippen LogP contribution in [-0.4, -0.2) is 95.0 Å². The van der Waals surface area contributed by atoms with E-state index in [9.17, 15) is 18.0 Å². The highest BCUT2D eigenvalue weighted by Gasteiger charge is 2.60. The third-order valence-corrected chi connectivity index (χ3v) is 6.38. The van der Waals surface area contributed by atoms with E-state index in [1.807, 2.05) is 0 Å². The first-order chi connectivity index (χ1) is 12.3. The molecule has 0 spiro atoms. The Labute approximate surface area is 153 Å². The van der Waals surface area contributed by atoms with Gasteiger partial charge in [0, 0.05) is 32.3 Å². The van der Waals surface area contributed by atoms with Gasteiger partial charge in [0.05, 0.1) is 6.04 Å². The number of amides is 3. The van der Waals surface area contributed by atoms with Crippen LogP contribution < -0.4 is 5.32 Å². The highest BCUT2D eigenvalue weighted by molar-refractivity contribution is 7.84. The first-order valence-electron chi connectivity index (χ1n) is 9.04. The van der Waals surface area contributed by atoms with E-state index in [1.54, 1.807) is 0 Å². The number of likely N-dealkylation sites (tertiary alicyclic amines) is 2. The summed E-state index contributed by atoms with van der Waals surface area (Å²) in [5.41, 5.74) is 0. The van der Waals surface area contributed by atoms with Gasteiger partial charge in [0.2, 0.25) is 0 Å². The van der Waals surface area contributed by atoms with E-state index in [4.69, 9.17) is 9.66 Å². The van der Waals surface area contributed by atoms with Crippen LogP contribution in [-0.2, 0) is 15.1 Å². The quantitative estimate of drug-likeness (QED) is 0.406. The number of hydrogen-bond donors (Lipinski definition) is 3. The molecule has 3 heterocycles. The van der Waals surface area contributed by atoms with Crippen LogP contribution in [0.3, 0.4) is 0 Å². The van der Waals surface area contributed by atoms with Crippen molar-refractivity contribution in [1.82, 2.24) is 19.4 Å². The molecule has 3 atom stereocenters. The van der Waals surface area contributed by atoms with Crippen molar-refractivity contribution in [2.24, 2.45) is 0 Å². The van der Waals surface area contributed by atoms with Gasteiger partial charge in [-0.25, -0.2) is 9.10 Å². The summed E-state index contributed by atoms with van der Waals surface area (Å²) in [6.45, 7) is 3.07. The molecule has 0 aromatic heterocycles. The number of carbonyl (C=O) groups is 2. The van der Waals surface area contributed by atoms with Crippen molar-refractivity contribution in [2.75, 3.05) is 32.8 Å². The Balaban J connectivity index is 1.53. The molecular weight excluding hydrogens is 364 g/mol. The summed E-state index contributed by atoms with van der Waals surface area (Å²) < 4.78 is 32.0. The minimum Gasteiger partial charge on any atom is -0.396 e. The maximum Gasteiger partial charge on any atom is 0.362 e. The van der Waals surface area contributed by atoms with Crippen LogP contribution in [0.2, 0.25) is 0 Å². The molecule has 3 rings (SSSR count). The average Bonchev–Trinajstić information content (AvgIpc) is 2.78. The third-order valence-electron chi connectivity index (χ3n) is 5.43. The number of urea groups is 1. The fraction of sp³-hybridized carbons (Fsp3) is 0.867. The number of carbonyl (C=O) groups excluding carboxylic acids is 2. The Hall–Kier alpha value is -1.43. The van der Waals surface area contributed by atoms with E-state index in [0.717, 1.165) is 45.3 Å². The Morgan fingerprint density at radius 2 is 1.96 bits per heavy atom. The van der Waals surface area contributed by atoms with Crippen LogP contribution in [0.5, 0.6) is 0 Å².